The molecule has 0 heterocycles. The van der Waals surface area contributed by atoms with Crippen LogP contribution in [0.4, 0.5) is 0 Å². The molecule has 0 aliphatic rings. The zero-order valence-electron chi connectivity index (χ0n) is 8.12. The largest absolute Gasteiger partial charge is 0.320 e. The Balaban J connectivity index is 3.99. The molecule has 2 N–H and O–H groups in total. The van der Waals surface area contributed by atoms with Crippen LogP contribution in [0.3, 0.4) is 0 Å². The summed E-state index contributed by atoms with van der Waals surface area (Å²) >= 11 is 0. The molecular weight excluding hydrogens is 148 g/mol. The van der Waals surface area contributed by atoms with Crippen LogP contribution in [0.2, 0.25) is 0 Å². The molecule has 0 aromatic heterocycles. The molecule has 0 aliphatic carbocycles. The maximum absolute atomic E-state index is 5.68. The zero-order valence-corrected chi connectivity index (χ0v) is 8.12. The van der Waals surface area contributed by atoms with Gasteiger partial charge in [-0.2, -0.15) is 0 Å². The molecule has 0 aromatic rings. The lowest BCUT2D eigenvalue weighted by atomic mass is 10.1. The molecule has 0 rings (SSSR count). The predicted molar refractivity (Wildman–Crippen MR) is 55.6 cm³/mol. The standard InChI is InChI=1S/C10H18N2/c1-5-6-7-9(11)8-12-10(2,3)4/h5-9H,1,11H2,2-4H3/b7-6-,12-8-. The summed E-state index contributed by atoms with van der Waals surface area (Å²) in [5.41, 5.74) is 5.64. The van der Waals surface area contributed by atoms with E-state index in [9.17, 15) is 0 Å². The van der Waals surface area contributed by atoms with Crippen LogP contribution in [-0.4, -0.2) is 17.8 Å². The van der Waals surface area contributed by atoms with Gasteiger partial charge in [0, 0.05) is 6.21 Å². The van der Waals surface area contributed by atoms with E-state index in [1.54, 1.807) is 12.3 Å². The van der Waals surface area contributed by atoms with Crippen molar-refractivity contribution in [1.82, 2.24) is 0 Å². The fourth-order valence-corrected chi connectivity index (χ4v) is 0.566. The smallest absolute Gasteiger partial charge is 0.0584 e. The van der Waals surface area contributed by atoms with Crippen molar-refractivity contribution in [2.24, 2.45) is 10.7 Å². The SMILES string of the molecule is C=C/C=C\C(N)/C=N\C(C)(C)C. The molecule has 12 heavy (non-hydrogen) atoms. The molecule has 0 bridgehead atoms. The van der Waals surface area contributed by atoms with Crippen molar-refractivity contribution in [3.8, 4) is 0 Å². The third kappa shape index (κ3) is 7.22. The van der Waals surface area contributed by atoms with Crippen LogP contribution >= 0.6 is 0 Å². The molecule has 0 saturated carbocycles. The molecule has 0 amide bonds. The Kier molecular flexibility index (Phi) is 4.52. The summed E-state index contributed by atoms with van der Waals surface area (Å²) in [6, 6.07) is -0.109. The van der Waals surface area contributed by atoms with Crippen molar-refractivity contribution < 1.29 is 0 Å². The van der Waals surface area contributed by atoms with Gasteiger partial charge in [0.2, 0.25) is 0 Å². The first-order valence-corrected chi connectivity index (χ1v) is 4.06. The van der Waals surface area contributed by atoms with Crippen molar-refractivity contribution in [3.63, 3.8) is 0 Å². The van der Waals surface area contributed by atoms with Crippen LogP contribution in [0.25, 0.3) is 0 Å². The number of nitrogens with zero attached hydrogens (tertiary/aromatic N) is 1. The number of hydrogen-bond donors (Lipinski definition) is 1. The van der Waals surface area contributed by atoms with Gasteiger partial charge in [0.15, 0.2) is 0 Å². The molecule has 68 valence electrons. The van der Waals surface area contributed by atoms with Crippen molar-refractivity contribution in [2.75, 3.05) is 0 Å². The van der Waals surface area contributed by atoms with Gasteiger partial charge >= 0.3 is 0 Å². The zero-order chi connectivity index (χ0) is 9.61. The van der Waals surface area contributed by atoms with E-state index < -0.39 is 0 Å². The molecule has 2 heteroatoms. The number of rotatable bonds is 3. The third-order valence-corrected chi connectivity index (χ3v) is 1.10. The summed E-state index contributed by atoms with van der Waals surface area (Å²) in [6.07, 6.45) is 7.12. The molecular formula is C10H18N2. The highest BCUT2D eigenvalue weighted by molar-refractivity contribution is 5.67. The Morgan fingerprint density at radius 1 is 1.42 bits per heavy atom. The van der Waals surface area contributed by atoms with E-state index in [1.165, 1.54) is 0 Å². The van der Waals surface area contributed by atoms with E-state index in [4.69, 9.17) is 5.73 Å². The third-order valence-electron chi connectivity index (χ3n) is 1.10. The second-order valence-corrected chi connectivity index (χ2v) is 3.65. The number of hydrogen-bond acceptors (Lipinski definition) is 2. The van der Waals surface area contributed by atoms with Gasteiger partial charge in [-0.25, -0.2) is 0 Å². The van der Waals surface area contributed by atoms with Crippen LogP contribution in [0, 0.1) is 0 Å². The van der Waals surface area contributed by atoms with Gasteiger partial charge in [-0.3, -0.25) is 4.99 Å². The van der Waals surface area contributed by atoms with Crippen LogP contribution in [0.15, 0.2) is 29.8 Å². The van der Waals surface area contributed by atoms with E-state index in [-0.39, 0.29) is 11.6 Å². The fraction of sp³-hybridized carbons (Fsp3) is 0.500. The minimum atomic E-state index is -0.109. The second kappa shape index (κ2) is 4.88. The van der Waals surface area contributed by atoms with Crippen LogP contribution in [-0.2, 0) is 0 Å². The molecule has 0 saturated heterocycles. The molecule has 1 unspecified atom stereocenters. The van der Waals surface area contributed by atoms with Crippen molar-refractivity contribution in [3.05, 3.63) is 24.8 Å². The average molecular weight is 166 g/mol. The van der Waals surface area contributed by atoms with Crippen molar-refractivity contribution in [2.45, 2.75) is 32.4 Å². The minimum Gasteiger partial charge on any atom is -0.320 e. The lowest BCUT2D eigenvalue weighted by Gasteiger charge is -2.11. The van der Waals surface area contributed by atoms with E-state index in [2.05, 4.69) is 11.6 Å². The summed E-state index contributed by atoms with van der Waals surface area (Å²) in [5, 5.41) is 0. The normalized spacial score (nSPS) is 15.7. The Morgan fingerprint density at radius 3 is 2.42 bits per heavy atom. The maximum atomic E-state index is 5.68. The van der Waals surface area contributed by atoms with Crippen molar-refractivity contribution in [1.29, 1.82) is 0 Å². The summed E-state index contributed by atoms with van der Waals surface area (Å²) in [5.74, 6) is 0. The summed E-state index contributed by atoms with van der Waals surface area (Å²) in [7, 11) is 0. The van der Waals surface area contributed by atoms with Crippen LogP contribution in [0.5, 0.6) is 0 Å². The van der Waals surface area contributed by atoms with E-state index in [1.807, 2.05) is 32.9 Å². The number of nitrogens with two attached hydrogens (primary N) is 1. The fourth-order valence-electron chi connectivity index (χ4n) is 0.566. The quantitative estimate of drug-likeness (QED) is 0.505. The molecule has 0 aromatic carbocycles. The van der Waals surface area contributed by atoms with Crippen LogP contribution < -0.4 is 5.73 Å². The lowest BCUT2D eigenvalue weighted by Crippen LogP contribution is -2.21. The first kappa shape index (κ1) is 11.1. The topological polar surface area (TPSA) is 38.4 Å². The van der Waals surface area contributed by atoms with Gasteiger partial charge in [0.05, 0.1) is 11.6 Å². The van der Waals surface area contributed by atoms with Gasteiger partial charge < -0.3 is 5.73 Å². The molecule has 0 radical (unpaired) electrons. The Hall–Kier alpha value is -0.890. The Labute approximate surface area is 74.9 Å². The van der Waals surface area contributed by atoms with Gasteiger partial charge in [0.1, 0.15) is 0 Å². The summed E-state index contributed by atoms with van der Waals surface area (Å²) < 4.78 is 0. The van der Waals surface area contributed by atoms with Gasteiger partial charge in [0.25, 0.3) is 0 Å². The summed E-state index contributed by atoms with van der Waals surface area (Å²) in [4.78, 5) is 4.27. The minimum absolute atomic E-state index is 0.0420. The highest BCUT2D eigenvalue weighted by Crippen LogP contribution is 2.04. The van der Waals surface area contributed by atoms with Crippen molar-refractivity contribution >= 4 is 6.21 Å². The second-order valence-electron chi connectivity index (χ2n) is 3.65. The highest BCUT2D eigenvalue weighted by atomic mass is 14.8. The lowest BCUT2D eigenvalue weighted by molar-refractivity contribution is 0.584. The molecule has 2 nitrogen and oxygen atoms in total. The van der Waals surface area contributed by atoms with Gasteiger partial charge in [-0.15, -0.1) is 0 Å². The first-order chi connectivity index (χ1) is 5.45. The molecule has 0 spiro atoms. The summed E-state index contributed by atoms with van der Waals surface area (Å²) in [6.45, 7) is 9.66. The average Bonchev–Trinajstić information content (AvgIpc) is 1.95. The van der Waals surface area contributed by atoms with E-state index >= 15 is 0 Å². The maximum Gasteiger partial charge on any atom is 0.0584 e. The van der Waals surface area contributed by atoms with E-state index in [0.717, 1.165) is 0 Å². The molecule has 0 fully saturated rings. The number of aliphatic imine (C=N–C) groups is 1. The Morgan fingerprint density at radius 2 is 2.00 bits per heavy atom. The van der Waals surface area contributed by atoms with Gasteiger partial charge in [-0.05, 0) is 20.8 Å². The monoisotopic (exact) mass is 166 g/mol. The molecule has 1 atom stereocenters. The predicted octanol–water partition coefficient (Wildman–Crippen LogP) is 1.93. The van der Waals surface area contributed by atoms with E-state index in [0.29, 0.717) is 0 Å². The first-order valence-electron chi connectivity index (χ1n) is 4.06. The van der Waals surface area contributed by atoms with Gasteiger partial charge in [-0.1, -0.05) is 24.8 Å². The Bertz CT molecular complexity index is 185. The number of allylic oxidation sites excluding steroid dienone is 2. The molecule has 0 aliphatic heterocycles. The van der Waals surface area contributed by atoms with Crippen LogP contribution in [0.1, 0.15) is 20.8 Å². The highest BCUT2D eigenvalue weighted by Gasteiger charge is 2.04.